The predicted molar refractivity (Wildman–Crippen MR) is 178 cm³/mol. The van der Waals surface area contributed by atoms with Crippen molar-refractivity contribution in [3.05, 3.63) is 72.1 Å². The number of nitrogens with zero attached hydrogens (tertiary/aromatic N) is 4. The number of H-pyrrole nitrogens is 2. The molecular formula is C35H42N8O4. The summed E-state index contributed by atoms with van der Waals surface area (Å²) in [4.78, 5) is 56.5. The quantitative estimate of drug-likeness (QED) is 0.174. The van der Waals surface area contributed by atoms with Gasteiger partial charge >= 0.3 is 6.09 Å². The lowest BCUT2D eigenvalue weighted by Gasteiger charge is -2.29. The highest BCUT2D eigenvalue weighted by molar-refractivity contribution is 5.86. The van der Waals surface area contributed by atoms with Crippen LogP contribution in [0.5, 0.6) is 0 Å². The Labute approximate surface area is 273 Å². The Morgan fingerprint density at radius 2 is 1.66 bits per heavy atom. The summed E-state index contributed by atoms with van der Waals surface area (Å²) in [6.45, 7) is 7.44. The number of likely N-dealkylation sites (tertiary alicyclic amines) is 2. The summed E-state index contributed by atoms with van der Waals surface area (Å²) in [6, 6.07) is 13.1. The Morgan fingerprint density at radius 3 is 2.38 bits per heavy atom. The van der Waals surface area contributed by atoms with Gasteiger partial charge in [-0.1, -0.05) is 50.2 Å². The number of nitrogens with two attached hydrogens (primary N) is 1. The van der Waals surface area contributed by atoms with Gasteiger partial charge < -0.3 is 35.9 Å². The van der Waals surface area contributed by atoms with Crippen LogP contribution in [0.3, 0.4) is 0 Å². The SMILES string of the molecule is Cc1cc(-c2cnc(C3CCCN3C(=O)[C@@H](NC(=O)O)C(C)C)[nH]2)ccc1-c1ccc(-c2cnc(CN3CCCC(N)C3=O)[nH]2)cc1. The number of carboxylic acid groups (broad SMARTS) is 1. The summed E-state index contributed by atoms with van der Waals surface area (Å²) in [5.74, 6) is 1.02. The standard InChI is InChI=1S/C35H42N8O4/c1-20(2)31(41-35(46)47)34(45)43-15-5-7-29(43)32-38-18-28(40-32)24-12-13-25(21(3)16-24)22-8-10-23(11-9-22)27-17-37-30(39-27)19-42-14-4-6-26(36)33(42)44/h8-13,16-18,20,26,29,31,41H,4-7,14-15,19,36H2,1-3H3,(H,37,39)(H,38,40)(H,46,47)/t26?,29?,31-/m0/s1. The number of rotatable bonds is 9. The van der Waals surface area contributed by atoms with Crippen LogP contribution in [0.15, 0.2) is 54.9 Å². The van der Waals surface area contributed by atoms with Gasteiger partial charge in [0.25, 0.3) is 0 Å². The zero-order chi connectivity index (χ0) is 33.2. The molecule has 0 aliphatic carbocycles. The number of imidazole rings is 2. The van der Waals surface area contributed by atoms with Gasteiger partial charge in [-0.2, -0.15) is 0 Å². The Hall–Kier alpha value is -4.97. The van der Waals surface area contributed by atoms with Gasteiger partial charge in [-0.05, 0) is 72.4 Å². The van der Waals surface area contributed by atoms with Crippen LogP contribution in [-0.4, -0.2) is 77.9 Å². The second-order valence-electron chi connectivity index (χ2n) is 12.9. The van der Waals surface area contributed by atoms with Gasteiger partial charge in [0.1, 0.15) is 17.7 Å². The van der Waals surface area contributed by atoms with Gasteiger partial charge in [-0.3, -0.25) is 9.59 Å². The van der Waals surface area contributed by atoms with Crippen LogP contribution in [0, 0.1) is 12.8 Å². The molecule has 2 aromatic carbocycles. The van der Waals surface area contributed by atoms with Gasteiger partial charge in [0.05, 0.1) is 42.4 Å². The second-order valence-corrected chi connectivity index (χ2v) is 12.9. The summed E-state index contributed by atoms with van der Waals surface area (Å²) < 4.78 is 0. The maximum atomic E-state index is 13.3. The van der Waals surface area contributed by atoms with Crippen LogP contribution in [0.1, 0.15) is 62.8 Å². The second kappa shape index (κ2) is 13.4. The lowest BCUT2D eigenvalue weighted by atomic mass is 9.96. The molecule has 0 bridgehead atoms. The highest BCUT2D eigenvalue weighted by Crippen LogP contribution is 2.34. The van der Waals surface area contributed by atoms with E-state index in [2.05, 4.69) is 74.6 Å². The number of aryl methyl sites for hydroxylation is 1. The third kappa shape index (κ3) is 6.78. The molecule has 47 heavy (non-hydrogen) atoms. The molecule has 0 spiro atoms. The van der Waals surface area contributed by atoms with Gasteiger partial charge in [-0.15, -0.1) is 0 Å². The molecule has 246 valence electrons. The minimum Gasteiger partial charge on any atom is -0.465 e. The van der Waals surface area contributed by atoms with Crippen LogP contribution < -0.4 is 11.1 Å². The van der Waals surface area contributed by atoms with Crippen molar-refractivity contribution in [2.75, 3.05) is 13.1 Å². The van der Waals surface area contributed by atoms with Gasteiger partial charge in [0, 0.05) is 13.1 Å². The number of aromatic nitrogens is 4. The molecule has 6 N–H and O–H groups in total. The Balaban J connectivity index is 1.13. The lowest BCUT2D eigenvalue weighted by molar-refractivity contribution is -0.136. The Kier molecular flexibility index (Phi) is 9.12. The molecule has 3 amide bonds. The fraction of sp³-hybridized carbons (Fsp3) is 0.400. The highest BCUT2D eigenvalue weighted by Gasteiger charge is 2.37. The van der Waals surface area contributed by atoms with Gasteiger partial charge in [-0.25, -0.2) is 14.8 Å². The number of aromatic amines is 2. The maximum absolute atomic E-state index is 13.3. The first kappa shape index (κ1) is 32.0. The largest absolute Gasteiger partial charge is 0.465 e. The van der Waals surface area contributed by atoms with E-state index in [0.29, 0.717) is 25.5 Å². The van der Waals surface area contributed by atoms with Crippen LogP contribution >= 0.6 is 0 Å². The predicted octanol–water partition coefficient (Wildman–Crippen LogP) is 4.85. The van der Waals surface area contributed by atoms with E-state index >= 15 is 0 Å². The van der Waals surface area contributed by atoms with E-state index in [0.717, 1.165) is 70.7 Å². The number of piperidine rings is 1. The van der Waals surface area contributed by atoms with Crippen molar-refractivity contribution in [1.82, 2.24) is 35.1 Å². The summed E-state index contributed by atoms with van der Waals surface area (Å²) >= 11 is 0. The zero-order valence-corrected chi connectivity index (χ0v) is 27.0. The molecule has 3 atom stereocenters. The van der Waals surface area contributed by atoms with E-state index in [1.54, 1.807) is 22.2 Å². The van der Waals surface area contributed by atoms with Gasteiger partial charge in [0.2, 0.25) is 11.8 Å². The van der Waals surface area contributed by atoms with Crippen molar-refractivity contribution in [3.8, 4) is 33.6 Å². The van der Waals surface area contributed by atoms with Gasteiger partial charge in [0.15, 0.2) is 0 Å². The van der Waals surface area contributed by atoms with Crippen molar-refractivity contribution < 1.29 is 19.5 Å². The summed E-state index contributed by atoms with van der Waals surface area (Å²) in [6.07, 6.45) is 5.61. The molecule has 2 fully saturated rings. The number of hydrogen-bond acceptors (Lipinski definition) is 6. The number of carbonyl (C=O) groups is 3. The summed E-state index contributed by atoms with van der Waals surface area (Å²) in [5, 5.41) is 11.6. The third-order valence-corrected chi connectivity index (χ3v) is 9.24. The maximum Gasteiger partial charge on any atom is 0.405 e. The first-order valence-corrected chi connectivity index (χ1v) is 16.2. The van der Waals surface area contributed by atoms with E-state index in [-0.39, 0.29) is 23.8 Å². The number of amides is 3. The van der Waals surface area contributed by atoms with Crippen molar-refractivity contribution in [3.63, 3.8) is 0 Å². The third-order valence-electron chi connectivity index (χ3n) is 9.24. The molecule has 2 aliphatic rings. The molecule has 2 aliphatic heterocycles. The van der Waals surface area contributed by atoms with E-state index in [4.69, 9.17) is 5.73 Å². The van der Waals surface area contributed by atoms with Crippen LogP contribution in [0.2, 0.25) is 0 Å². The first-order valence-electron chi connectivity index (χ1n) is 16.2. The zero-order valence-electron chi connectivity index (χ0n) is 27.0. The molecule has 0 saturated carbocycles. The number of hydrogen-bond donors (Lipinski definition) is 5. The minimum absolute atomic E-state index is 0.0209. The van der Waals surface area contributed by atoms with E-state index in [9.17, 15) is 19.5 Å². The molecule has 4 heterocycles. The Bertz CT molecular complexity index is 1760. The molecule has 4 aromatic rings. The first-order chi connectivity index (χ1) is 22.6. The average molecular weight is 639 g/mol. The van der Waals surface area contributed by atoms with Crippen molar-refractivity contribution in [2.24, 2.45) is 11.7 Å². The molecular weight excluding hydrogens is 596 g/mol. The fourth-order valence-electron chi connectivity index (χ4n) is 6.67. The summed E-state index contributed by atoms with van der Waals surface area (Å²) in [7, 11) is 0. The van der Waals surface area contributed by atoms with E-state index in [1.165, 1.54) is 0 Å². The number of nitrogens with one attached hydrogen (secondary N) is 3. The molecule has 0 radical (unpaired) electrons. The van der Waals surface area contributed by atoms with Crippen molar-refractivity contribution in [1.29, 1.82) is 0 Å². The normalized spacial score (nSPS) is 19.0. The molecule has 12 heteroatoms. The number of benzene rings is 2. The van der Waals surface area contributed by atoms with Crippen LogP contribution in [0.4, 0.5) is 4.79 Å². The van der Waals surface area contributed by atoms with Crippen LogP contribution in [-0.2, 0) is 16.1 Å². The smallest absolute Gasteiger partial charge is 0.405 e. The molecule has 12 nitrogen and oxygen atoms in total. The van der Waals surface area contributed by atoms with E-state index in [1.807, 2.05) is 13.8 Å². The topological polar surface area (TPSA) is 173 Å². The minimum atomic E-state index is -1.20. The molecule has 2 unspecified atom stereocenters. The number of carbonyl (C=O) groups excluding carboxylic acids is 2. The molecule has 2 aromatic heterocycles. The van der Waals surface area contributed by atoms with Crippen molar-refractivity contribution >= 4 is 17.9 Å². The monoisotopic (exact) mass is 638 g/mol. The molecule has 2 saturated heterocycles. The fourth-order valence-corrected chi connectivity index (χ4v) is 6.67. The Morgan fingerprint density at radius 1 is 0.979 bits per heavy atom. The lowest BCUT2D eigenvalue weighted by Crippen LogP contribution is -2.50. The van der Waals surface area contributed by atoms with Crippen LogP contribution in [0.25, 0.3) is 33.6 Å². The van der Waals surface area contributed by atoms with Crippen molar-refractivity contribution in [2.45, 2.75) is 71.1 Å². The summed E-state index contributed by atoms with van der Waals surface area (Å²) in [5.41, 5.74) is 13.0. The molecule has 6 rings (SSSR count). The highest BCUT2D eigenvalue weighted by atomic mass is 16.4. The average Bonchev–Trinajstić information content (AvgIpc) is 3.83. The van der Waals surface area contributed by atoms with E-state index < -0.39 is 18.2 Å².